The van der Waals surface area contributed by atoms with Gasteiger partial charge in [0.05, 0.1) is 6.61 Å². The van der Waals surface area contributed by atoms with Crippen LogP contribution >= 0.6 is 0 Å². The molecule has 9 heteroatoms. The fraction of sp³-hybridized carbons (Fsp3) is 0.591. The number of fused-ring (bicyclic) bond motifs is 7. The van der Waals surface area contributed by atoms with Crippen LogP contribution in [0.15, 0.2) is 24.4 Å². The molecule has 6 bridgehead atoms. The van der Waals surface area contributed by atoms with Crippen molar-refractivity contribution in [2.24, 2.45) is 0 Å². The Hall–Kier alpha value is -2.81. The highest BCUT2D eigenvalue weighted by molar-refractivity contribution is 5.68. The Morgan fingerprint density at radius 3 is 2.90 bits per heavy atom. The lowest BCUT2D eigenvalue weighted by Crippen LogP contribution is -2.52. The van der Waals surface area contributed by atoms with Crippen molar-refractivity contribution in [2.45, 2.75) is 62.5 Å². The van der Waals surface area contributed by atoms with Crippen LogP contribution in [0.5, 0.6) is 5.88 Å². The van der Waals surface area contributed by atoms with Crippen LogP contribution in [-0.2, 0) is 9.47 Å². The predicted octanol–water partition coefficient (Wildman–Crippen LogP) is 3.63. The number of anilines is 2. The molecule has 2 aromatic rings. The Morgan fingerprint density at radius 2 is 2.00 bits per heavy atom. The normalized spacial score (nSPS) is 26.0. The molecule has 0 aromatic carbocycles. The van der Waals surface area contributed by atoms with Crippen LogP contribution in [0.4, 0.5) is 16.3 Å². The monoisotopic (exact) mass is 427 g/mol. The third-order valence-electron chi connectivity index (χ3n) is 6.57. The fourth-order valence-corrected chi connectivity index (χ4v) is 4.84. The predicted molar refractivity (Wildman–Crippen MR) is 114 cm³/mol. The number of carbonyl (C=O) groups excluding carboxylic acids is 1. The first-order valence-corrected chi connectivity index (χ1v) is 11.2. The van der Waals surface area contributed by atoms with Crippen molar-refractivity contribution in [3.05, 3.63) is 30.1 Å². The summed E-state index contributed by atoms with van der Waals surface area (Å²) in [4.78, 5) is 17.0. The van der Waals surface area contributed by atoms with Crippen LogP contribution in [0.25, 0.3) is 0 Å². The Balaban J connectivity index is 1.36. The molecule has 3 aliphatic rings. The van der Waals surface area contributed by atoms with Gasteiger partial charge in [-0.3, -0.25) is 5.10 Å². The third kappa shape index (κ3) is 4.76. The largest absolute Gasteiger partial charge is 0.478 e. The summed E-state index contributed by atoms with van der Waals surface area (Å²) in [7, 11) is 0. The molecular formula is C22H29N5O4. The molecule has 9 nitrogen and oxygen atoms in total. The molecule has 166 valence electrons. The number of pyridine rings is 1. The van der Waals surface area contributed by atoms with Gasteiger partial charge in [-0.15, -0.1) is 0 Å². The van der Waals surface area contributed by atoms with Gasteiger partial charge >= 0.3 is 6.09 Å². The number of nitrogens with one attached hydrogen (secondary N) is 3. The van der Waals surface area contributed by atoms with Crippen molar-refractivity contribution in [3.63, 3.8) is 0 Å². The van der Waals surface area contributed by atoms with Gasteiger partial charge in [0.25, 0.3) is 0 Å². The number of nitrogens with zero attached hydrogens (tertiary/aromatic N) is 2. The number of rotatable bonds is 0. The van der Waals surface area contributed by atoms with E-state index in [0.717, 1.165) is 62.1 Å². The first-order valence-electron chi connectivity index (χ1n) is 11.2. The molecule has 1 aliphatic carbocycles. The maximum absolute atomic E-state index is 12.7. The van der Waals surface area contributed by atoms with E-state index in [1.165, 1.54) is 0 Å². The molecule has 1 amide bonds. The van der Waals surface area contributed by atoms with E-state index in [4.69, 9.17) is 14.2 Å². The van der Waals surface area contributed by atoms with Crippen molar-refractivity contribution < 1.29 is 19.0 Å². The summed E-state index contributed by atoms with van der Waals surface area (Å²) in [6.07, 6.45) is 7.12. The van der Waals surface area contributed by atoms with Crippen LogP contribution < -0.4 is 15.4 Å². The molecule has 3 N–H and O–H groups in total. The highest BCUT2D eigenvalue weighted by Gasteiger charge is 2.36. The van der Waals surface area contributed by atoms with E-state index in [9.17, 15) is 4.79 Å². The average molecular weight is 428 g/mol. The lowest BCUT2D eigenvalue weighted by atomic mass is 9.85. The van der Waals surface area contributed by atoms with Gasteiger partial charge in [-0.25, -0.2) is 9.78 Å². The van der Waals surface area contributed by atoms with Crippen molar-refractivity contribution in [1.29, 1.82) is 0 Å². The molecule has 31 heavy (non-hydrogen) atoms. The van der Waals surface area contributed by atoms with Crippen LogP contribution in [0.3, 0.4) is 0 Å². The zero-order valence-corrected chi connectivity index (χ0v) is 17.6. The molecular weight excluding hydrogens is 398 g/mol. The van der Waals surface area contributed by atoms with E-state index >= 15 is 0 Å². The van der Waals surface area contributed by atoms with Gasteiger partial charge in [0.2, 0.25) is 5.88 Å². The van der Waals surface area contributed by atoms with Crippen molar-refractivity contribution in [3.8, 4) is 5.88 Å². The van der Waals surface area contributed by atoms with Gasteiger partial charge in [-0.05, 0) is 51.0 Å². The van der Waals surface area contributed by atoms with Gasteiger partial charge in [0.15, 0.2) is 5.82 Å². The van der Waals surface area contributed by atoms with Crippen LogP contribution in [0, 0.1) is 0 Å². The van der Waals surface area contributed by atoms with Gasteiger partial charge < -0.3 is 24.8 Å². The maximum atomic E-state index is 12.7. The van der Waals surface area contributed by atoms with E-state index in [1.54, 1.807) is 6.20 Å². The topological polar surface area (TPSA) is 110 Å². The Labute approximate surface area is 181 Å². The molecule has 2 aliphatic heterocycles. The smallest absolute Gasteiger partial charge is 0.407 e. The summed E-state index contributed by atoms with van der Waals surface area (Å²) >= 11 is 0. The zero-order valence-electron chi connectivity index (χ0n) is 17.6. The van der Waals surface area contributed by atoms with Gasteiger partial charge in [0.1, 0.15) is 6.10 Å². The number of amides is 1. The van der Waals surface area contributed by atoms with E-state index in [2.05, 4.69) is 25.8 Å². The number of alkyl carbamates (subject to hydrolysis) is 1. The van der Waals surface area contributed by atoms with E-state index in [1.807, 2.05) is 18.2 Å². The number of H-pyrrole nitrogens is 1. The number of ether oxygens (including phenoxy) is 3. The molecule has 0 radical (unpaired) electrons. The van der Waals surface area contributed by atoms with Crippen LogP contribution in [-0.4, -0.2) is 52.7 Å². The van der Waals surface area contributed by atoms with Crippen molar-refractivity contribution in [2.75, 3.05) is 25.1 Å². The Morgan fingerprint density at radius 1 is 1.10 bits per heavy atom. The summed E-state index contributed by atoms with van der Waals surface area (Å²) in [5.41, 5.74) is 1.63. The van der Waals surface area contributed by atoms with Gasteiger partial charge in [-0.2, -0.15) is 5.10 Å². The van der Waals surface area contributed by atoms with Gasteiger partial charge in [-0.1, -0.05) is 0 Å². The summed E-state index contributed by atoms with van der Waals surface area (Å²) in [6, 6.07) is 5.79. The van der Waals surface area contributed by atoms with Crippen LogP contribution in [0.1, 0.15) is 56.6 Å². The van der Waals surface area contributed by atoms with E-state index in [0.29, 0.717) is 31.6 Å². The molecule has 1 saturated heterocycles. The molecule has 2 fully saturated rings. The quantitative estimate of drug-likeness (QED) is 0.589. The second kappa shape index (κ2) is 8.74. The number of hydrogen-bond donors (Lipinski definition) is 3. The highest BCUT2D eigenvalue weighted by Crippen LogP contribution is 2.36. The summed E-state index contributed by atoms with van der Waals surface area (Å²) in [5, 5.41) is 14.0. The van der Waals surface area contributed by atoms with Gasteiger partial charge in [0, 0.05) is 54.4 Å². The second-order valence-electron chi connectivity index (χ2n) is 8.72. The molecule has 2 atom stereocenters. The number of aromatic amines is 1. The van der Waals surface area contributed by atoms with Crippen molar-refractivity contribution in [1.82, 2.24) is 20.5 Å². The summed E-state index contributed by atoms with van der Waals surface area (Å²) in [5.74, 6) is 1.61. The number of aromatic nitrogens is 3. The molecule has 5 rings (SSSR count). The Bertz CT molecular complexity index is 911. The third-order valence-corrected chi connectivity index (χ3v) is 6.57. The summed E-state index contributed by atoms with van der Waals surface area (Å²) < 4.78 is 17.2. The number of carbonyl (C=O) groups is 1. The minimum atomic E-state index is -0.323. The first kappa shape index (κ1) is 20.1. The first-order chi connectivity index (χ1) is 15.2. The molecule has 4 heterocycles. The van der Waals surface area contributed by atoms with E-state index < -0.39 is 0 Å². The standard InChI is InChI=1S/C22H29N5O4/c28-21-25-22(6-10-29-11-7-22)5-1-9-30-20-13-16(4-8-23-20)24-19-14-18(26-27-19)15-2-3-17(12-15)31-21/h4,8,13-15,17H,1-3,5-7,9-12H2,(H,25,28)(H2,24,26,27)/t15-,17+/m0/s1. The average Bonchev–Trinajstić information content (AvgIpc) is 3.41. The minimum Gasteiger partial charge on any atom is -0.478 e. The fourth-order valence-electron chi connectivity index (χ4n) is 4.84. The SMILES string of the molecule is O=C1NC2(CCCOc3cc(ccn3)Nc3cc([nH]n3)[C@H]3CC[C@H](C3)O1)CCOCC2. The summed E-state index contributed by atoms with van der Waals surface area (Å²) in [6.45, 7) is 1.81. The number of hydrogen-bond acceptors (Lipinski definition) is 7. The second-order valence-corrected chi connectivity index (χ2v) is 8.72. The lowest BCUT2D eigenvalue weighted by Gasteiger charge is -2.38. The van der Waals surface area contributed by atoms with Crippen molar-refractivity contribution >= 4 is 17.6 Å². The molecule has 1 spiro atoms. The van der Waals surface area contributed by atoms with E-state index in [-0.39, 0.29) is 17.7 Å². The molecule has 2 aromatic heterocycles. The Kier molecular flexibility index (Phi) is 5.67. The molecule has 1 saturated carbocycles. The van der Waals surface area contributed by atoms with Crippen LogP contribution in [0.2, 0.25) is 0 Å². The maximum Gasteiger partial charge on any atom is 0.407 e. The zero-order chi connectivity index (χ0) is 21.1. The highest BCUT2D eigenvalue weighted by atomic mass is 16.6. The lowest BCUT2D eigenvalue weighted by molar-refractivity contribution is 0.0246. The molecule has 0 unspecified atom stereocenters. The minimum absolute atomic E-state index is 0.0772.